The Morgan fingerprint density at radius 3 is 2.38 bits per heavy atom. The quantitative estimate of drug-likeness (QED) is 0.789. The van der Waals surface area contributed by atoms with Gasteiger partial charge in [-0.05, 0) is 30.7 Å². The van der Waals surface area contributed by atoms with Crippen LogP contribution in [0.25, 0.3) is 0 Å². The highest BCUT2D eigenvalue weighted by Gasteiger charge is 2.60. The Labute approximate surface area is 141 Å². The number of sulfonamides is 1. The Bertz CT molecular complexity index is 848. The third kappa shape index (κ3) is 2.81. The van der Waals surface area contributed by atoms with Gasteiger partial charge in [-0.3, -0.25) is 9.78 Å². The van der Waals surface area contributed by atoms with E-state index in [9.17, 15) is 13.2 Å². The second-order valence-corrected chi connectivity index (χ2v) is 7.90. The molecule has 1 aliphatic heterocycles. The lowest BCUT2D eigenvalue weighted by molar-refractivity contribution is -0.128. The van der Waals surface area contributed by atoms with Gasteiger partial charge < -0.3 is 4.90 Å². The van der Waals surface area contributed by atoms with E-state index in [0.29, 0.717) is 5.56 Å². The monoisotopic (exact) mass is 345 g/mol. The van der Waals surface area contributed by atoms with Gasteiger partial charge in [0, 0.05) is 26.5 Å². The number of amides is 1. The third-order valence-corrected chi connectivity index (χ3v) is 5.95. The highest BCUT2D eigenvalue weighted by atomic mass is 32.2. The van der Waals surface area contributed by atoms with Crippen LogP contribution < -0.4 is 0 Å². The molecule has 1 saturated heterocycles. The molecule has 1 amide bonds. The summed E-state index contributed by atoms with van der Waals surface area (Å²) in [7, 11) is -0.504. The summed E-state index contributed by atoms with van der Waals surface area (Å²) in [5.41, 5.74) is 1.69. The molecule has 0 spiro atoms. The number of benzene rings is 1. The number of likely N-dealkylation sites (N-methyl/N-ethyl adjacent to an activating group) is 1. The predicted octanol–water partition coefficient (Wildman–Crippen LogP) is 1.59. The molecule has 1 aromatic heterocycles. The molecule has 6 nitrogen and oxygen atoms in total. The van der Waals surface area contributed by atoms with E-state index in [1.807, 2.05) is 6.92 Å². The van der Waals surface area contributed by atoms with Gasteiger partial charge in [-0.2, -0.15) is 4.31 Å². The largest absolute Gasteiger partial charge is 0.347 e. The van der Waals surface area contributed by atoms with E-state index < -0.39 is 22.1 Å². The van der Waals surface area contributed by atoms with Crippen molar-refractivity contribution in [3.05, 3.63) is 59.9 Å². The summed E-state index contributed by atoms with van der Waals surface area (Å²) in [6.45, 7) is 1.89. The first-order chi connectivity index (χ1) is 11.3. The molecule has 24 heavy (non-hydrogen) atoms. The minimum atomic E-state index is -3.75. The Kier molecular flexibility index (Phi) is 4.15. The zero-order valence-electron chi connectivity index (χ0n) is 13.7. The number of aromatic nitrogens is 1. The van der Waals surface area contributed by atoms with Gasteiger partial charge in [-0.15, -0.1) is 0 Å². The van der Waals surface area contributed by atoms with Gasteiger partial charge in [0.1, 0.15) is 6.04 Å². The van der Waals surface area contributed by atoms with Gasteiger partial charge in [0.05, 0.1) is 10.9 Å². The zero-order valence-corrected chi connectivity index (χ0v) is 14.6. The van der Waals surface area contributed by atoms with Crippen LogP contribution >= 0.6 is 0 Å². The fourth-order valence-electron chi connectivity index (χ4n) is 2.73. The van der Waals surface area contributed by atoms with Crippen molar-refractivity contribution in [1.29, 1.82) is 0 Å². The molecule has 1 aromatic carbocycles. The number of rotatable bonds is 4. The fraction of sp³-hybridized carbons (Fsp3) is 0.294. The summed E-state index contributed by atoms with van der Waals surface area (Å²) in [5, 5.41) is 0. The average molecular weight is 345 g/mol. The molecule has 1 fully saturated rings. The van der Waals surface area contributed by atoms with Crippen LogP contribution in [0.1, 0.15) is 17.2 Å². The van der Waals surface area contributed by atoms with Crippen LogP contribution in [0.3, 0.4) is 0 Å². The Morgan fingerprint density at radius 1 is 1.17 bits per heavy atom. The van der Waals surface area contributed by atoms with Crippen molar-refractivity contribution < 1.29 is 13.2 Å². The van der Waals surface area contributed by atoms with E-state index in [4.69, 9.17) is 0 Å². The Balaban J connectivity index is 2.00. The van der Waals surface area contributed by atoms with Crippen molar-refractivity contribution in [3.63, 3.8) is 0 Å². The Hall–Kier alpha value is -2.25. The van der Waals surface area contributed by atoms with Crippen LogP contribution in [-0.2, 0) is 14.8 Å². The van der Waals surface area contributed by atoms with Crippen LogP contribution in [-0.4, -0.2) is 48.7 Å². The average Bonchev–Trinajstić information content (AvgIpc) is 3.31. The van der Waals surface area contributed by atoms with Gasteiger partial charge in [0.25, 0.3) is 0 Å². The van der Waals surface area contributed by atoms with Crippen molar-refractivity contribution in [2.45, 2.75) is 23.9 Å². The smallest absolute Gasteiger partial charge is 0.244 e. The van der Waals surface area contributed by atoms with E-state index in [0.717, 1.165) is 5.56 Å². The standard InChI is InChI=1S/C17H19N3O3S/c1-12-6-8-14(9-7-12)24(22,23)20-15(13-5-4-10-18-11-13)16(20)17(21)19(2)3/h4-11,15-16H,1-3H3/t15-,16+,20?/m1/s1. The Morgan fingerprint density at radius 2 is 1.83 bits per heavy atom. The van der Waals surface area contributed by atoms with E-state index in [-0.39, 0.29) is 10.8 Å². The summed E-state index contributed by atoms with van der Waals surface area (Å²) < 4.78 is 27.2. The zero-order chi connectivity index (χ0) is 17.5. The maximum absolute atomic E-state index is 13.0. The van der Waals surface area contributed by atoms with E-state index in [2.05, 4.69) is 4.98 Å². The SMILES string of the molecule is Cc1ccc(S(=O)(=O)N2[C@H](C(=O)N(C)C)[C@H]2c2cccnc2)cc1. The predicted molar refractivity (Wildman–Crippen MR) is 89.7 cm³/mol. The van der Waals surface area contributed by atoms with Gasteiger partial charge in [-0.25, -0.2) is 8.42 Å². The first-order valence-corrected chi connectivity index (χ1v) is 8.99. The highest BCUT2D eigenvalue weighted by Crippen LogP contribution is 2.48. The van der Waals surface area contributed by atoms with Gasteiger partial charge >= 0.3 is 0 Å². The van der Waals surface area contributed by atoms with Crippen LogP contribution in [0.4, 0.5) is 0 Å². The van der Waals surface area contributed by atoms with Crippen molar-refractivity contribution >= 4 is 15.9 Å². The second-order valence-electron chi connectivity index (χ2n) is 6.06. The number of carbonyl (C=O) groups excluding carboxylic acids is 1. The third-order valence-electron chi connectivity index (χ3n) is 4.07. The highest BCUT2D eigenvalue weighted by molar-refractivity contribution is 7.89. The first kappa shape index (κ1) is 16.6. The van der Waals surface area contributed by atoms with Gasteiger partial charge in [0.2, 0.25) is 15.9 Å². The number of hydrogen-bond donors (Lipinski definition) is 0. The van der Waals surface area contributed by atoms with Crippen LogP contribution in [0.2, 0.25) is 0 Å². The lowest BCUT2D eigenvalue weighted by Gasteiger charge is -2.10. The molecule has 3 rings (SSSR count). The minimum Gasteiger partial charge on any atom is -0.347 e. The van der Waals surface area contributed by atoms with Crippen LogP contribution in [0.15, 0.2) is 53.7 Å². The molecule has 126 valence electrons. The van der Waals surface area contributed by atoms with Crippen LogP contribution in [0.5, 0.6) is 0 Å². The summed E-state index contributed by atoms with van der Waals surface area (Å²) in [5.74, 6) is -0.237. The fourth-order valence-corrected chi connectivity index (χ4v) is 4.44. The maximum Gasteiger partial charge on any atom is 0.244 e. The molecule has 1 aliphatic rings. The molecule has 0 radical (unpaired) electrons. The van der Waals surface area contributed by atoms with Crippen LogP contribution in [0, 0.1) is 6.92 Å². The number of hydrogen-bond acceptors (Lipinski definition) is 4. The summed E-state index contributed by atoms with van der Waals surface area (Å²) in [6.07, 6.45) is 3.22. The number of pyridine rings is 1. The van der Waals surface area contributed by atoms with Crippen molar-refractivity contribution in [2.24, 2.45) is 0 Å². The number of carbonyl (C=O) groups is 1. The molecule has 7 heteroatoms. The first-order valence-electron chi connectivity index (χ1n) is 7.55. The normalized spacial score (nSPS) is 22.9. The van der Waals surface area contributed by atoms with E-state index in [1.54, 1.807) is 62.9 Å². The molecule has 0 bridgehead atoms. The molecule has 0 N–H and O–H groups in total. The van der Waals surface area contributed by atoms with Gasteiger partial charge in [0.15, 0.2) is 0 Å². The second kappa shape index (κ2) is 5.99. The summed E-state index contributed by atoms with van der Waals surface area (Å²) in [4.78, 5) is 18.1. The molecule has 3 atom stereocenters. The summed E-state index contributed by atoms with van der Waals surface area (Å²) in [6, 6.07) is 8.92. The number of aryl methyl sites for hydroxylation is 1. The summed E-state index contributed by atoms with van der Waals surface area (Å²) >= 11 is 0. The number of nitrogens with zero attached hydrogens (tertiary/aromatic N) is 3. The molecule has 0 aliphatic carbocycles. The van der Waals surface area contributed by atoms with Crippen molar-refractivity contribution in [2.75, 3.05) is 14.1 Å². The molecular formula is C17H19N3O3S. The molecule has 1 unspecified atom stereocenters. The molecule has 2 aromatic rings. The molecule has 2 heterocycles. The molecule has 0 saturated carbocycles. The lowest BCUT2D eigenvalue weighted by Crippen LogP contribution is -2.30. The topological polar surface area (TPSA) is 70.3 Å². The van der Waals surface area contributed by atoms with Crippen molar-refractivity contribution in [1.82, 2.24) is 14.2 Å². The molecular weight excluding hydrogens is 326 g/mol. The van der Waals surface area contributed by atoms with Gasteiger partial charge in [-0.1, -0.05) is 23.8 Å². The van der Waals surface area contributed by atoms with E-state index in [1.165, 1.54) is 9.21 Å². The van der Waals surface area contributed by atoms with E-state index >= 15 is 0 Å². The van der Waals surface area contributed by atoms with Crippen molar-refractivity contribution in [3.8, 4) is 0 Å². The maximum atomic E-state index is 13.0. The lowest BCUT2D eigenvalue weighted by atomic mass is 10.1. The minimum absolute atomic E-state index is 0.191.